The molecule has 0 N–H and O–H groups in total. The molecule has 0 bridgehead atoms. The number of unbranched alkanes of at least 4 members (excludes halogenated alkanes) is 1. The number of hydrogen-bond donors (Lipinski definition) is 0. The van der Waals surface area contributed by atoms with Crippen LogP contribution in [0.15, 0.2) is 66.7 Å². The molecule has 1 atom stereocenters. The number of rotatable bonds is 10. The Labute approximate surface area is 240 Å². The van der Waals surface area contributed by atoms with Crippen molar-refractivity contribution in [2.75, 3.05) is 38.4 Å². The van der Waals surface area contributed by atoms with Crippen LogP contribution in [0.3, 0.4) is 0 Å². The first-order valence-electron chi connectivity index (χ1n) is 14.2. The lowest BCUT2D eigenvalue weighted by atomic mass is 10.1. The van der Waals surface area contributed by atoms with Gasteiger partial charge in [0.05, 0.1) is 24.8 Å². The summed E-state index contributed by atoms with van der Waals surface area (Å²) in [5.74, 6) is 3.94. The predicted octanol–water partition coefficient (Wildman–Crippen LogP) is 6.23. The van der Waals surface area contributed by atoms with Gasteiger partial charge < -0.3 is 28.4 Å². The van der Waals surface area contributed by atoms with Gasteiger partial charge in [-0.15, -0.1) is 0 Å². The molecule has 6 rings (SSSR count). The summed E-state index contributed by atoms with van der Waals surface area (Å²) in [7, 11) is 1.66. The van der Waals surface area contributed by atoms with Crippen LogP contribution in [0.1, 0.15) is 43.5 Å². The second-order valence-electron chi connectivity index (χ2n) is 10.3. The number of carbonyl (C=O) groups excluding carboxylic acids is 1. The number of anilines is 1. The van der Waals surface area contributed by atoms with Gasteiger partial charge in [-0.05, 0) is 61.7 Å². The van der Waals surface area contributed by atoms with Crippen molar-refractivity contribution in [1.29, 1.82) is 0 Å². The molecule has 2 aliphatic rings. The van der Waals surface area contributed by atoms with E-state index in [2.05, 4.69) is 10.6 Å². The van der Waals surface area contributed by atoms with E-state index in [1.165, 1.54) is 0 Å². The number of methoxy groups -OCH3 is 1. The average Bonchev–Trinajstić information content (AvgIpc) is 3.57. The van der Waals surface area contributed by atoms with Crippen molar-refractivity contribution in [3.05, 3.63) is 78.1 Å². The molecule has 0 saturated carbocycles. The highest BCUT2D eigenvalue weighted by Gasteiger charge is 2.35. The smallest absolute Gasteiger partial charge is 0.227 e. The van der Waals surface area contributed by atoms with Crippen molar-refractivity contribution < 1.29 is 23.7 Å². The number of nitrogens with zero attached hydrogens (tertiary/aromatic N) is 3. The van der Waals surface area contributed by atoms with Crippen LogP contribution in [0, 0.1) is 0 Å². The average molecular weight is 554 g/mol. The van der Waals surface area contributed by atoms with Crippen LogP contribution in [-0.2, 0) is 11.3 Å². The topological polar surface area (TPSA) is 75.1 Å². The lowest BCUT2D eigenvalue weighted by molar-refractivity contribution is -0.117. The summed E-state index contributed by atoms with van der Waals surface area (Å²) >= 11 is 0. The molecule has 1 amide bonds. The molecule has 2 aliphatic heterocycles. The highest BCUT2D eigenvalue weighted by Crippen LogP contribution is 2.38. The molecule has 1 fully saturated rings. The second kappa shape index (κ2) is 12.0. The van der Waals surface area contributed by atoms with E-state index in [1.54, 1.807) is 7.11 Å². The van der Waals surface area contributed by atoms with Crippen LogP contribution < -0.4 is 23.8 Å². The molecule has 1 saturated heterocycles. The number of benzene rings is 3. The van der Waals surface area contributed by atoms with Crippen molar-refractivity contribution >= 4 is 28.7 Å². The summed E-state index contributed by atoms with van der Waals surface area (Å²) in [6.45, 7) is 5.00. The molecule has 212 valence electrons. The Hall–Kier alpha value is -4.46. The zero-order valence-electron chi connectivity index (χ0n) is 23.5. The van der Waals surface area contributed by atoms with Crippen LogP contribution in [-0.4, -0.2) is 48.9 Å². The van der Waals surface area contributed by atoms with Crippen LogP contribution in [0.25, 0.3) is 17.1 Å². The van der Waals surface area contributed by atoms with Crippen molar-refractivity contribution in [2.45, 2.75) is 38.6 Å². The third-order valence-electron chi connectivity index (χ3n) is 7.59. The molecule has 0 radical (unpaired) electrons. The Morgan fingerprint density at radius 1 is 1.00 bits per heavy atom. The number of aromatic nitrogens is 2. The maximum Gasteiger partial charge on any atom is 0.227 e. The Morgan fingerprint density at radius 3 is 2.71 bits per heavy atom. The molecule has 41 heavy (non-hydrogen) atoms. The number of para-hydroxylation sites is 2. The predicted molar refractivity (Wildman–Crippen MR) is 159 cm³/mol. The van der Waals surface area contributed by atoms with Crippen molar-refractivity contribution in [3.8, 4) is 23.0 Å². The fourth-order valence-electron chi connectivity index (χ4n) is 5.62. The minimum absolute atomic E-state index is 0.000651. The van der Waals surface area contributed by atoms with E-state index < -0.39 is 0 Å². The van der Waals surface area contributed by atoms with E-state index in [1.807, 2.05) is 78.6 Å². The highest BCUT2D eigenvalue weighted by atomic mass is 16.6. The van der Waals surface area contributed by atoms with Gasteiger partial charge in [0, 0.05) is 37.2 Å². The molecule has 3 heterocycles. The van der Waals surface area contributed by atoms with Gasteiger partial charge >= 0.3 is 0 Å². The molecule has 8 heteroatoms. The van der Waals surface area contributed by atoms with Gasteiger partial charge in [-0.1, -0.05) is 30.4 Å². The standard InChI is InChI=1S/C33H35N3O5/c1-3-8-23-11-13-28(30(19-23)38-2)39-16-7-6-15-35-27-10-5-4-9-26(27)34-33(35)24-20-32(37)36(22-24)25-12-14-29-31(21-25)41-18-17-40-29/h3-5,8-14,19,21,24H,6-7,15-18,20,22H2,1-2H3/b8-3+. The number of aryl methyl sites for hydroxylation is 1. The van der Waals surface area contributed by atoms with E-state index in [4.69, 9.17) is 23.9 Å². The van der Waals surface area contributed by atoms with Gasteiger partial charge in [0.25, 0.3) is 0 Å². The molecule has 0 aliphatic carbocycles. The summed E-state index contributed by atoms with van der Waals surface area (Å²) in [6, 6.07) is 19.9. The molecule has 8 nitrogen and oxygen atoms in total. The van der Waals surface area contributed by atoms with Crippen molar-refractivity contribution in [1.82, 2.24) is 9.55 Å². The van der Waals surface area contributed by atoms with Gasteiger partial charge in [-0.3, -0.25) is 4.79 Å². The molecule has 0 spiro atoms. The maximum atomic E-state index is 13.2. The number of imidazole rings is 1. The highest BCUT2D eigenvalue weighted by molar-refractivity contribution is 5.97. The van der Waals surface area contributed by atoms with Gasteiger partial charge in [-0.2, -0.15) is 0 Å². The monoisotopic (exact) mass is 553 g/mol. The Morgan fingerprint density at radius 2 is 1.85 bits per heavy atom. The lowest BCUT2D eigenvalue weighted by Gasteiger charge is -2.22. The van der Waals surface area contributed by atoms with E-state index in [9.17, 15) is 4.79 Å². The number of hydrogen-bond acceptors (Lipinski definition) is 6. The van der Waals surface area contributed by atoms with Gasteiger partial charge in [-0.25, -0.2) is 4.98 Å². The summed E-state index contributed by atoms with van der Waals surface area (Å²) in [5.41, 5.74) is 3.95. The van der Waals surface area contributed by atoms with E-state index in [0.717, 1.165) is 64.7 Å². The van der Waals surface area contributed by atoms with Gasteiger partial charge in [0.15, 0.2) is 23.0 Å². The van der Waals surface area contributed by atoms with Crippen LogP contribution >= 0.6 is 0 Å². The second-order valence-corrected chi connectivity index (χ2v) is 10.3. The van der Waals surface area contributed by atoms with E-state index in [0.29, 0.717) is 38.5 Å². The van der Waals surface area contributed by atoms with Crippen molar-refractivity contribution in [3.63, 3.8) is 0 Å². The maximum absolute atomic E-state index is 13.2. The SMILES string of the molecule is C/C=C/c1ccc(OCCCCn2c(C3CC(=O)N(c4ccc5c(c4)OCCO5)C3)nc3ccccc32)c(OC)c1. The molecule has 4 aromatic rings. The quantitative estimate of drug-likeness (QED) is 0.217. The normalized spacial score (nSPS) is 16.6. The van der Waals surface area contributed by atoms with E-state index in [-0.39, 0.29) is 11.8 Å². The van der Waals surface area contributed by atoms with Crippen LogP contribution in [0.5, 0.6) is 23.0 Å². The molecular formula is C33H35N3O5. The summed E-state index contributed by atoms with van der Waals surface area (Å²) in [4.78, 5) is 20.0. The summed E-state index contributed by atoms with van der Waals surface area (Å²) in [5, 5.41) is 0. The fraction of sp³-hybridized carbons (Fsp3) is 0.333. The Balaban J connectivity index is 1.14. The first-order chi connectivity index (χ1) is 20.1. The number of ether oxygens (including phenoxy) is 4. The van der Waals surface area contributed by atoms with Crippen LogP contribution in [0.2, 0.25) is 0 Å². The minimum atomic E-state index is -0.000651. The zero-order chi connectivity index (χ0) is 28.2. The Kier molecular flexibility index (Phi) is 7.80. The van der Waals surface area contributed by atoms with Crippen LogP contribution in [0.4, 0.5) is 5.69 Å². The fourth-order valence-corrected chi connectivity index (χ4v) is 5.62. The summed E-state index contributed by atoms with van der Waals surface area (Å²) < 4.78 is 25.3. The number of allylic oxidation sites excluding steroid dienone is 1. The molecular weight excluding hydrogens is 518 g/mol. The minimum Gasteiger partial charge on any atom is -0.493 e. The number of amides is 1. The zero-order valence-corrected chi connectivity index (χ0v) is 23.5. The third-order valence-corrected chi connectivity index (χ3v) is 7.59. The van der Waals surface area contributed by atoms with Gasteiger partial charge in [0.2, 0.25) is 5.91 Å². The Bertz CT molecular complexity index is 1580. The molecule has 1 unspecified atom stereocenters. The van der Waals surface area contributed by atoms with Gasteiger partial charge in [0.1, 0.15) is 19.0 Å². The first kappa shape index (κ1) is 26.7. The third kappa shape index (κ3) is 5.59. The molecule has 3 aromatic carbocycles. The van der Waals surface area contributed by atoms with Crippen molar-refractivity contribution in [2.24, 2.45) is 0 Å². The molecule has 1 aromatic heterocycles. The number of carbonyl (C=O) groups is 1. The number of fused-ring (bicyclic) bond motifs is 2. The van der Waals surface area contributed by atoms with E-state index >= 15 is 0 Å². The lowest BCUT2D eigenvalue weighted by Crippen LogP contribution is -2.25. The largest absolute Gasteiger partial charge is 0.493 e. The summed E-state index contributed by atoms with van der Waals surface area (Å²) in [6.07, 6.45) is 6.24. The first-order valence-corrected chi connectivity index (χ1v) is 14.2.